The lowest BCUT2D eigenvalue weighted by atomic mass is 10.1. The molecule has 1 saturated heterocycles. The first kappa shape index (κ1) is 17.7. The minimum atomic E-state index is -4.81. The van der Waals surface area contributed by atoms with Crippen molar-refractivity contribution in [2.24, 2.45) is 0 Å². The number of hydrogen-bond acceptors (Lipinski definition) is 2. The van der Waals surface area contributed by atoms with Crippen LogP contribution in [0.15, 0.2) is 18.2 Å². The third kappa shape index (κ3) is 4.07. The number of benzene rings is 1. The van der Waals surface area contributed by atoms with E-state index in [0.717, 1.165) is 6.07 Å². The molecule has 8 heteroatoms. The molecule has 0 aliphatic carbocycles. The quantitative estimate of drug-likeness (QED) is 0.805. The van der Waals surface area contributed by atoms with Gasteiger partial charge in [0.1, 0.15) is 5.82 Å². The lowest BCUT2D eigenvalue weighted by Gasteiger charge is -2.32. The average molecular weight is 327 g/mol. The Morgan fingerprint density at radius 2 is 2.05 bits per heavy atom. The third-order valence-corrected chi connectivity index (χ3v) is 3.17. The maximum atomic E-state index is 13.2. The minimum absolute atomic E-state index is 0. The van der Waals surface area contributed by atoms with Crippen molar-refractivity contribution >= 4 is 18.3 Å². The molecule has 1 heterocycles. The summed E-state index contributed by atoms with van der Waals surface area (Å²) in [7, 11) is 0. The van der Waals surface area contributed by atoms with Crippen LogP contribution in [-0.2, 0) is 6.18 Å². The molecule has 1 aromatic rings. The zero-order chi connectivity index (χ0) is 14.9. The van der Waals surface area contributed by atoms with Gasteiger partial charge in [0.05, 0.1) is 5.56 Å². The Labute approximate surface area is 125 Å². The molecule has 118 valence electrons. The van der Waals surface area contributed by atoms with Gasteiger partial charge >= 0.3 is 6.18 Å². The van der Waals surface area contributed by atoms with E-state index >= 15 is 0 Å². The molecule has 0 unspecified atom stereocenters. The summed E-state index contributed by atoms with van der Waals surface area (Å²) >= 11 is 0. The number of carbonyl (C=O) groups excluding carboxylic acids is 1. The molecule has 3 nitrogen and oxygen atoms in total. The van der Waals surface area contributed by atoms with Crippen LogP contribution in [-0.4, -0.2) is 36.5 Å². The van der Waals surface area contributed by atoms with Gasteiger partial charge in [-0.25, -0.2) is 4.39 Å². The van der Waals surface area contributed by atoms with E-state index < -0.39 is 23.5 Å². The summed E-state index contributed by atoms with van der Waals surface area (Å²) in [6.45, 7) is 3.30. The highest BCUT2D eigenvalue weighted by Crippen LogP contribution is 2.32. The summed E-state index contributed by atoms with van der Waals surface area (Å²) in [5, 5.41) is 3.13. The number of nitrogens with zero attached hydrogens (tertiary/aromatic N) is 1. The number of nitrogens with one attached hydrogen (secondary N) is 1. The lowest BCUT2D eigenvalue weighted by Crippen LogP contribution is -2.51. The number of amides is 1. The zero-order valence-corrected chi connectivity index (χ0v) is 12.0. The Kier molecular flexibility index (Phi) is 5.58. The van der Waals surface area contributed by atoms with Crippen molar-refractivity contribution in [1.82, 2.24) is 10.2 Å². The molecule has 0 aromatic heterocycles. The second-order valence-corrected chi connectivity index (χ2v) is 4.80. The number of alkyl halides is 3. The van der Waals surface area contributed by atoms with Crippen LogP contribution in [0.3, 0.4) is 0 Å². The first-order valence-electron chi connectivity index (χ1n) is 6.18. The summed E-state index contributed by atoms with van der Waals surface area (Å²) in [4.78, 5) is 13.6. The Morgan fingerprint density at radius 3 is 2.62 bits per heavy atom. The van der Waals surface area contributed by atoms with Gasteiger partial charge in [-0.05, 0) is 25.1 Å². The van der Waals surface area contributed by atoms with E-state index in [0.29, 0.717) is 31.8 Å². The largest absolute Gasteiger partial charge is 0.419 e. The van der Waals surface area contributed by atoms with Gasteiger partial charge in [0.25, 0.3) is 5.91 Å². The van der Waals surface area contributed by atoms with Crippen molar-refractivity contribution in [3.63, 3.8) is 0 Å². The van der Waals surface area contributed by atoms with Crippen LogP contribution < -0.4 is 5.32 Å². The van der Waals surface area contributed by atoms with E-state index in [1.165, 1.54) is 4.90 Å². The number of rotatable bonds is 1. The molecule has 2 rings (SSSR count). The SMILES string of the molecule is C[C@H]1CN(C(=O)c2ccc(F)c(C(F)(F)F)c2)CCN1.Cl. The summed E-state index contributed by atoms with van der Waals surface area (Å²) in [6.07, 6.45) is -4.81. The minimum Gasteiger partial charge on any atom is -0.336 e. The van der Waals surface area contributed by atoms with Crippen LogP contribution in [0.2, 0.25) is 0 Å². The molecule has 1 fully saturated rings. The van der Waals surface area contributed by atoms with Crippen molar-refractivity contribution in [3.8, 4) is 0 Å². The van der Waals surface area contributed by atoms with Gasteiger partial charge in [-0.3, -0.25) is 4.79 Å². The highest BCUT2D eigenvalue weighted by Gasteiger charge is 2.35. The fourth-order valence-corrected chi connectivity index (χ4v) is 2.17. The van der Waals surface area contributed by atoms with Crippen molar-refractivity contribution in [3.05, 3.63) is 35.1 Å². The maximum Gasteiger partial charge on any atom is 0.419 e. The summed E-state index contributed by atoms with van der Waals surface area (Å²) < 4.78 is 51.0. The Hall–Kier alpha value is -1.34. The summed E-state index contributed by atoms with van der Waals surface area (Å²) in [6, 6.07) is 2.42. The van der Waals surface area contributed by atoms with E-state index in [2.05, 4.69) is 5.32 Å². The van der Waals surface area contributed by atoms with Crippen LogP contribution in [0, 0.1) is 5.82 Å². The first-order valence-corrected chi connectivity index (χ1v) is 6.18. The number of carbonyl (C=O) groups is 1. The molecule has 1 aliphatic heterocycles. The molecule has 0 saturated carbocycles. The van der Waals surface area contributed by atoms with Gasteiger partial charge in [-0.15, -0.1) is 12.4 Å². The fourth-order valence-electron chi connectivity index (χ4n) is 2.17. The second-order valence-electron chi connectivity index (χ2n) is 4.80. The topological polar surface area (TPSA) is 32.3 Å². The Bertz CT molecular complexity index is 521. The second kappa shape index (κ2) is 6.62. The van der Waals surface area contributed by atoms with Crippen LogP contribution >= 0.6 is 12.4 Å². The van der Waals surface area contributed by atoms with Crippen LogP contribution in [0.4, 0.5) is 17.6 Å². The smallest absolute Gasteiger partial charge is 0.336 e. The van der Waals surface area contributed by atoms with Crippen molar-refractivity contribution < 1.29 is 22.4 Å². The molecule has 1 N–H and O–H groups in total. The molecule has 0 bridgehead atoms. The number of hydrogen-bond donors (Lipinski definition) is 1. The number of piperazine rings is 1. The predicted octanol–water partition coefficient (Wildman–Crippen LogP) is 2.70. The van der Waals surface area contributed by atoms with E-state index in [9.17, 15) is 22.4 Å². The predicted molar refractivity (Wildman–Crippen MR) is 72.0 cm³/mol. The van der Waals surface area contributed by atoms with Gasteiger partial charge in [-0.1, -0.05) is 0 Å². The maximum absolute atomic E-state index is 13.2. The van der Waals surface area contributed by atoms with Crippen molar-refractivity contribution in [2.45, 2.75) is 19.1 Å². The van der Waals surface area contributed by atoms with Crippen molar-refractivity contribution in [2.75, 3.05) is 19.6 Å². The number of halogens is 5. The van der Waals surface area contributed by atoms with E-state index in [1.54, 1.807) is 0 Å². The van der Waals surface area contributed by atoms with Crippen LogP contribution in [0.25, 0.3) is 0 Å². The molecule has 1 atom stereocenters. The molecule has 1 aromatic carbocycles. The summed E-state index contributed by atoms with van der Waals surface area (Å²) in [5.41, 5.74) is -1.56. The Morgan fingerprint density at radius 1 is 1.38 bits per heavy atom. The molecular weight excluding hydrogens is 312 g/mol. The van der Waals surface area contributed by atoms with Gasteiger partial charge in [0.15, 0.2) is 0 Å². The molecule has 1 aliphatic rings. The summed E-state index contributed by atoms with van der Waals surface area (Å²) in [5.74, 6) is -1.88. The van der Waals surface area contributed by atoms with Crippen LogP contribution in [0.5, 0.6) is 0 Å². The van der Waals surface area contributed by atoms with Crippen molar-refractivity contribution in [1.29, 1.82) is 0 Å². The van der Waals surface area contributed by atoms with E-state index in [1.807, 2.05) is 6.92 Å². The monoisotopic (exact) mass is 326 g/mol. The highest BCUT2D eigenvalue weighted by molar-refractivity contribution is 5.94. The molecule has 21 heavy (non-hydrogen) atoms. The first-order chi connectivity index (χ1) is 9.29. The molecule has 0 radical (unpaired) electrons. The van der Waals surface area contributed by atoms with E-state index in [-0.39, 0.29) is 24.0 Å². The third-order valence-electron chi connectivity index (χ3n) is 3.17. The van der Waals surface area contributed by atoms with Gasteiger partial charge in [0, 0.05) is 31.2 Å². The zero-order valence-electron chi connectivity index (χ0n) is 11.2. The normalized spacial score (nSPS) is 19.1. The van der Waals surface area contributed by atoms with Gasteiger partial charge in [0.2, 0.25) is 0 Å². The molecule has 1 amide bonds. The molecular formula is C13H15ClF4N2O. The Balaban J connectivity index is 0.00000220. The highest BCUT2D eigenvalue weighted by atomic mass is 35.5. The van der Waals surface area contributed by atoms with Crippen LogP contribution in [0.1, 0.15) is 22.8 Å². The fraction of sp³-hybridized carbons (Fsp3) is 0.462. The van der Waals surface area contributed by atoms with Gasteiger partial charge < -0.3 is 10.2 Å². The molecule has 0 spiro atoms. The lowest BCUT2D eigenvalue weighted by molar-refractivity contribution is -0.140. The standard InChI is InChI=1S/C13H14F4N2O.ClH/c1-8-7-19(5-4-18-8)12(20)9-2-3-11(14)10(6-9)13(15,16)17;/h2-3,6,8,18H,4-5,7H2,1H3;1H/t8-;/m0./s1. The van der Waals surface area contributed by atoms with Gasteiger partial charge in [-0.2, -0.15) is 13.2 Å². The average Bonchev–Trinajstić information content (AvgIpc) is 2.37. The van der Waals surface area contributed by atoms with E-state index in [4.69, 9.17) is 0 Å².